The van der Waals surface area contributed by atoms with E-state index >= 15 is 0 Å². The molecule has 17 heavy (non-hydrogen) atoms. The SMILES string of the molecule is O=CC1CCCN(c2nc3ccccc3o2)C1. The van der Waals surface area contributed by atoms with Crippen molar-refractivity contribution < 1.29 is 9.21 Å². The number of fused-ring (bicyclic) bond motifs is 1. The fourth-order valence-electron chi connectivity index (χ4n) is 2.29. The third-order valence-electron chi connectivity index (χ3n) is 3.20. The number of oxazole rings is 1. The number of anilines is 1. The quantitative estimate of drug-likeness (QED) is 0.742. The number of rotatable bonds is 2. The number of para-hydroxylation sites is 2. The fraction of sp³-hybridized carbons (Fsp3) is 0.385. The van der Waals surface area contributed by atoms with E-state index in [0.29, 0.717) is 6.01 Å². The van der Waals surface area contributed by atoms with Gasteiger partial charge in [-0.1, -0.05) is 12.1 Å². The number of aromatic nitrogens is 1. The first-order chi connectivity index (χ1) is 8.36. The second-order valence-electron chi connectivity index (χ2n) is 4.45. The van der Waals surface area contributed by atoms with E-state index in [9.17, 15) is 4.79 Å². The third-order valence-corrected chi connectivity index (χ3v) is 3.20. The van der Waals surface area contributed by atoms with Gasteiger partial charge in [0.1, 0.15) is 11.8 Å². The zero-order chi connectivity index (χ0) is 11.7. The molecule has 2 aromatic rings. The lowest BCUT2D eigenvalue weighted by Gasteiger charge is -2.28. The summed E-state index contributed by atoms with van der Waals surface area (Å²) in [4.78, 5) is 17.3. The lowest BCUT2D eigenvalue weighted by Crippen LogP contribution is -2.36. The average Bonchev–Trinajstić information content (AvgIpc) is 2.82. The normalized spacial score (nSPS) is 20.7. The molecule has 1 aromatic heterocycles. The van der Waals surface area contributed by atoms with Gasteiger partial charge in [-0.15, -0.1) is 0 Å². The van der Waals surface area contributed by atoms with Crippen molar-refractivity contribution in [2.24, 2.45) is 5.92 Å². The highest BCUT2D eigenvalue weighted by atomic mass is 16.4. The van der Waals surface area contributed by atoms with E-state index in [4.69, 9.17) is 4.42 Å². The Balaban J connectivity index is 1.90. The van der Waals surface area contributed by atoms with Crippen LogP contribution in [-0.4, -0.2) is 24.4 Å². The summed E-state index contributed by atoms with van der Waals surface area (Å²) in [6.07, 6.45) is 3.02. The van der Waals surface area contributed by atoms with Crippen LogP contribution in [-0.2, 0) is 4.79 Å². The van der Waals surface area contributed by atoms with Crippen molar-refractivity contribution >= 4 is 23.4 Å². The average molecular weight is 230 g/mol. The van der Waals surface area contributed by atoms with Crippen LogP contribution in [0.25, 0.3) is 11.1 Å². The summed E-state index contributed by atoms with van der Waals surface area (Å²) in [5.41, 5.74) is 1.67. The van der Waals surface area contributed by atoms with Crippen LogP contribution in [0.3, 0.4) is 0 Å². The van der Waals surface area contributed by atoms with Crippen molar-refractivity contribution in [2.45, 2.75) is 12.8 Å². The number of hydrogen-bond acceptors (Lipinski definition) is 4. The molecule has 0 saturated carbocycles. The molecule has 0 radical (unpaired) electrons. The van der Waals surface area contributed by atoms with Crippen LogP contribution < -0.4 is 4.90 Å². The van der Waals surface area contributed by atoms with Crippen molar-refractivity contribution in [1.82, 2.24) is 4.98 Å². The van der Waals surface area contributed by atoms with Crippen molar-refractivity contribution in [2.75, 3.05) is 18.0 Å². The summed E-state index contributed by atoms with van der Waals surface area (Å²) in [5.74, 6) is 0.110. The molecule has 1 aromatic carbocycles. The number of hydrogen-bond donors (Lipinski definition) is 0. The minimum atomic E-state index is 0.110. The molecule has 0 spiro atoms. The topological polar surface area (TPSA) is 46.3 Å². The largest absolute Gasteiger partial charge is 0.423 e. The van der Waals surface area contributed by atoms with Crippen molar-refractivity contribution in [1.29, 1.82) is 0 Å². The molecule has 1 aliphatic rings. The van der Waals surface area contributed by atoms with E-state index in [-0.39, 0.29) is 5.92 Å². The Bertz CT molecular complexity index is 502. The van der Waals surface area contributed by atoms with Gasteiger partial charge < -0.3 is 14.1 Å². The minimum absolute atomic E-state index is 0.110. The van der Waals surface area contributed by atoms with Crippen molar-refractivity contribution in [3.05, 3.63) is 24.3 Å². The standard InChI is InChI=1S/C13H14N2O2/c16-9-10-4-3-7-15(8-10)13-14-11-5-1-2-6-12(11)17-13/h1-2,5-6,9-10H,3-4,7-8H2. The van der Waals surface area contributed by atoms with Crippen LogP contribution in [0.2, 0.25) is 0 Å². The van der Waals surface area contributed by atoms with Crippen molar-refractivity contribution in [3.63, 3.8) is 0 Å². The predicted molar refractivity (Wildman–Crippen MR) is 65.0 cm³/mol. The van der Waals surface area contributed by atoms with Gasteiger partial charge in [-0.25, -0.2) is 0 Å². The second kappa shape index (κ2) is 4.20. The summed E-state index contributed by atoms with van der Waals surface area (Å²) in [6.45, 7) is 1.63. The molecule has 0 amide bonds. The molecule has 1 atom stereocenters. The first-order valence-electron chi connectivity index (χ1n) is 5.92. The van der Waals surface area contributed by atoms with Gasteiger partial charge in [0, 0.05) is 19.0 Å². The molecule has 1 fully saturated rings. The van der Waals surface area contributed by atoms with Crippen LogP contribution in [0.4, 0.5) is 6.01 Å². The highest BCUT2D eigenvalue weighted by Crippen LogP contribution is 2.25. The molecular weight excluding hydrogens is 216 g/mol. The third kappa shape index (κ3) is 1.90. The van der Waals surface area contributed by atoms with Gasteiger partial charge in [0.2, 0.25) is 0 Å². The fourth-order valence-corrected chi connectivity index (χ4v) is 2.29. The molecule has 4 nitrogen and oxygen atoms in total. The molecule has 0 aliphatic carbocycles. The highest BCUT2D eigenvalue weighted by Gasteiger charge is 2.22. The Morgan fingerprint density at radius 1 is 1.41 bits per heavy atom. The smallest absolute Gasteiger partial charge is 0.298 e. The molecule has 0 N–H and O–H groups in total. The summed E-state index contributed by atoms with van der Waals surface area (Å²) in [7, 11) is 0. The van der Waals surface area contributed by atoms with E-state index in [2.05, 4.69) is 9.88 Å². The molecule has 1 saturated heterocycles. The number of nitrogens with zero attached hydrogens (tertiary/aromatic N) is 2. The maximum Gasteiger partial charge on any atom is 0.298 e. The summed E-state index contributed by atoms with van der Waals surface area (Å²) >= 11 is 0. The molecule has 88 valence electrons. The lowest BCUT2D eigenvalue weighted by atomic mass is 10.0. The van der Waals surface area contributed by atoms with E-state index in [1.54, 1.807) is 0 Å². The maximum atomic E-state index is 10.8. The first-order valence-corrected chi connectivity index (χ1v) is 5.92. The van der Waals surface area contributed by atoms with Crippen LogP contribution >= 0.6 is 0 Å². The van der Waals surface area contributed by atoms with E-state index < -0.39 is 0 Å². The van der Waals surface area contributed by atoms with Gasteiger partial charge >= 0.3 is 0 Å². The van der Waals surface area contributed by atoms with Crippen molar-refractivity contribution in [3.8, 4) is 0 Å². The van der Waals surface area contributed by atoms with Gasteiger partial charge in [0.05, 0.1) is 0 Å². The zero-order valence-electron chi connectivity index (χ0n) is 9.50. The van der Waals surface area contributed by atoms with Gasteiger partial charge in [0.15, 0.2) is 5.58 Å². The Kier molecular flexibility index (Phi) is 2.55. The lowest BCUT2D eigenvalue weighted by molar-refractivity contribution is -0.111. The second-order valence-corrected chi connectivity index (χ2v) is 4.45. The number of carbonyl (C=O) groups is 1. The Morgan fingerprint density at radius 3 is 3.12 bits per heavy atom. The molecule has 4 heteroatoms. The zero-order valence-corrected chi connectivity index (χ0v) is 9.50. The number of piperidine rings is 1. The predicted octanol–water partition coefficient (Wildman–Crippen LogP) is 2.24. The van der Waals surface area contributed by atoms with Crippen LogP contribution in [0, 0.1) is 5.92 Å². The van der Waals surface area contributed by atoms with E-state index in [0.717, 1.165) is 43.3 Å². The van der Waals surface area contributed by atoms with E-state index in [1.807, 2.05) is 24.3 Å². The van der Waals surface area contributed by atoms with Gasteiger partial charge in [-0.3, -0.25) is 0 Å². The monoisotopic (exact) mass is 230 g/mol. The summed E-state index contributed by atoms with van der Waals surface area (Å²) in [5, 5.41) is 0. The number of aldehydes is 1. The first kappa shape index (κ1) is 10.3. The maximum absolute atomic E-state index is 10.8. The highest BCUT2D eigenvalue weighted by molar-refractivity contribution is 5.74. The molecular formula is C13H14N2O2. The summed E-state index contributed by atoms with van der Waals surface area (Å²) in [6, 6.07) is 8.36. The molecule has 0 bridgehead atoms. The minimum Gasteiger partial charge on any atom is -0.423 e. The molecule has 1 unspecified atom stereocenters. The van der Waals surface area contributed by atoms with Crippen LogP contribution in [0.1, 0.15) is 12.8 Å². The number of carbonyl (C=O) groups excluding carboxylic acids is 1. The molecule has 2 heterocycles. The Morgan fingerprint density at radius 2 is 2.29 bits per heavy atom. The molecule has 1 aliphatic heterocycles. The Labute approximate surface area is 99.2 Å². The van der Waals surface area contributed by atoms with Crippen LogP contribution in [0.15, 0.2) is 28.7 Å². The van der Waals surface area contributed by atoms with E-state index in [1.165, 1.54) is 0 Å². The van der Waals surface area contributed by atoms with Gasteiger partial charge in [0.25, 0.3) is 6.01 Å². The van der Waals surface area contributed by atoms with Crippen LogP contribution in [0.5, 0.6) is 0 Å². The Hall–Kier alpha value is -1.84. The van der Waals surface area contributed by atoms with Gasteiger partial charge in [-0.05, 0) is 25.0 Å². The van der Waals surface area contributed by atoms with Gasteiger partial charge in [-0.2, -0.15) is 4.98 Å². The molecule has 3 rings (SSSR count). The summed E-state index contributed by atoms with van der Waals surface area (Å²) < 4.78 is 5.70. The number of benzene rings is 1.